The van der Waals surface area contributed by atoms with Crippen LogP contribution >= 0.6 is 0 Å². The molecular weight excluding hydrogens is 484 g/mol. The van der Waals surface area contributed by atoms with Gasteiger partial charge in [0.25, 0.3) is 0 Å². The van der Waals surface area contributed by atoms with E-state index in [1.165, 1.54) is 12.0 Å². The van der Waals surface area contributed by atoms with Crippen LogP contribution in [-0.4, -0.2) is 44.9 Å². The van der Waals surface area contributed by atoms with Gasteiger partial charge in [-0.25, -0.2) is 4.79 Å². The molecule has 1 aromatic heterocycles. The Morgan fingerprint density at radius 3 is 2.31 bits per heavy atom. The summed E-state index contributed by atoms with van der Waals surface area (Å²) in [6, 6.07) is 20.5. The van der Waals surface area contributed by atoms with Crippen molar-refractivity contribution in [3.63, 3.8) is 0 Å². The van der Waals surface area contributed by atoms with Crippen LogP contribution in [0.3, 0.4) is 0 Å². The van der Waals surface area contributed by atoms with Gasteiger partial charge in [-0.3, -0.25) is 4.79 Å². The predicted molar refractivity (Wildman–Crippen MR) is 159 cm³/mol. The Morgan fingerprint density at radius 1 is 0.949 bits per heavy atom. The maximum absolute atomic E-state index is 14.1. The van der Waals surface area contributed by atoms with Crippen LogP contribution in [-0.2, 0) is 17.9 Å². The average Bonchev–Trinajstić information content (AvgIpc) is 3.39. The molecule has 0 aliphatic heterocycles. The monoisotopic (exact) mass is 528 g/mol. The number of amides is 3. The average molecular weight is 529 g/mol. The van der Waals surface area contributed by atoms with Crippen LogP contribution in [0, 0.1) is 13.8 Å². The third kappa shape index (κ3) is 7.31. The van der Waals surface area contributed by atoms with Crippen molar-refractivity contribution in [1.82, 2.24) is 14.4 Å². The molecule has 1 atom stereocenters. The Kier molecular flexibility index (Phi) is 9.85. The maximum Gasteiger partial charge on any atom is 0.322 e. The highest BCUT2D eigenvalue weighted by atomic mass is 16.2. The zero-order chi connectivity index (χ0) is 27.8. The van der Waals surface area contributed by atoms with Crippen LogP contribution in [0.2, 0.25) is 0 Å². The van der Waals surface area contributed by atoms with Gasteiger partial charge in [0, 0.05) is 36.2 Å². The third-order valence-electron chi connectivity index (χ3n) is 8.19. The Balaban J connectivity index is 1.55. The van der Waals surface area contributed by atoms with Crippen LogP contribution < -0.4 is 5.32 Å². The molecule has 1 N–H and O–H groups in total. The number of carbonyl (C=O) groups excluding carboxylic acids is 2. The van der Waals surface area contributed by atoms with E-state index in [2.05, 4.69) is 64.3 Å². The first-order chi connectivity index (χ1) is 18.9. The number of hydrogen-bond donors (Lipinski definition) is 1. The molecule has 3 amide bonds. The fourth-order valence-electron chi connectivity index (χ4n) is 5.59. The number of aromatic nitrogens is 1. The van der Waals surface area contributed by atoms with E-state index in [9.17, 15) is 9.59 Å². The minimum absolute atomic E-state index is 0.0197. The maximum atomic E-state index is 14.1. The Labute approximate surface area is 234 Å². The number of aryl methyl sites for hydroxylation is 2. The SMILES string of the molecule is CCC(C)N(CC(=O)N(Cc1cccn1Cc1ccccc1)C1CCCCC1)C(=O)Nc1c(C)cccc1C. The van der Waals surface area contributed by atoms with Crippen molar-refractivity contribution in [2.45, 2.75) is 91.4 Å². The smallest absolute Gasteiger partial charge is 0.322 e. The molecule has 6 heteroatoms. The van der Waals surface area contributed by atoms with E-state index in [-0.39, 0.29) is 30.6 Å². The molecule has 1 saturated carbocycles. The summed E-state index contributed by atoms with van der Waals surface area (Å²) in [6.45, 7) is 9.47. The van der Waals surface area contributed by atoms with E-state index < -0.39 is 0 Å². The van der Waals surface area contributed by atoms with Gasteiger partial charge < -0.3 is 19.7 Å². The van der Waals surface area contributed by atoms with Crippen molar-refractivity contribution >= 4 is 17.6 Å². The molecule has 6 nitrogen and oxygen atoms in total. The van der Waals surface area contributed by atoms with Gasteiger partial charge in [-0.05, 0) is 68.9 Å². The number of carbonyl (C=O) groups is 2. The molecule has 0 radical (unpaired) electrons. The number of benzene rings is 2. The highest BCUT2D eigenvalue weighted by Gasteiger charge is 2.30. The van der Waals surface area contributed by atoms with E-state index in [0.29, 0.717) is 6.54 Å². The summed E-state index contributed by atoms with van der Waals surface area (Å²) in [5.41, 5.74) is 5.21. The number of anilines is 1. The summed E-state index contributed by atoms with van der Waals surface area (Å²) in [6.07, 6.45) is 8.40. The lowest BCUT2D eigenvalue weighted by atomic mass is 9.94. The van der Waals surface area contributed by atoms with Gasteiger partial charge in [-0.2, -0.15) is 0 Å². The summed E-state index contributed by atoms with van der Waals surface area (Å²) in [7, 11) is 0. The summed E-state index contributed by atoms with van der Waals surface area (Å²) in [5.74, 6) is 0.0197. The van der Waals surface area contributed by atoms with Gasteiger partial charge in [0.2, 0.25) is 5.91 Å². The lowest BCUT2D eigenvalue weighted by molar-refractivity contribution is -0.136. The second-order valence-corrected chi connectivity index (χ2v) is 11.0. The normalized spacial score (nSPS) is 14.6. The third-order valence-corrected chi connectivity index (χ3v) is 8.19. The number of urea groups is 1. The van der Waals surface area contributed by atoms with Crippen molar-refractivity contribution in [1.29, 1.82) is 0 Å². The van der Waals surface area contributed by atoms with E-state index in [1.54, 1.807) is 4.90 Å². The highest BCUT2D eigenvalue weighted by Crippen LogP contribution is 2.26. The standard InChI is InChI=1S/C33H44N4O2/c1-5-27(4)36(33(39)34-32-25(2)14-12-15-26(32)3)24-31(38)37(29-18-10-7-11-19-29)23-30-20-13-21-35(30)22-28-16-8-6-9-17-28/h6,8-9,12-17,20-21,27,29H,5,7,10-11,18-19,22-24H2,1-4H3,(H,34,39). The van der Waals surface area contributed by atoms with Crippen LogP contribution in [0.25, 0.3) is 0 Å². The van der Waals surface area contributed by atoms with Gasteiger partial charge >= 0.3 is 6.03 Å². The van der Waals surface area contributed by atoms with Crippen LogP contribution in [0.15, 0.2) is 66.9 Å². The zero-order valence-electron chi connectivity index (χ0n) is 24.0. The van der Waals surface area contributed by atoms with Crippen LogP contribution in [0.5, 0.6) is 0 Å². The van der Waals surface area contributed by atoms with Crippen molar-refractivity contribution < 1.29 is 9.59 Å². The lowest BCUT2D eigenvalue weighted by Crippen LogP contribution is -2.50. The largest absolute Gasteiger partial charge is 0.345 e. The summed E-state index contributed by atoms with van der Waals surface area (Å²) < 4.78 is 2.23. The quantitative estimate of drug-likeness (QED) is 0.304. The fraction of sp³-hybridized carbons (Fsp3) is 0.455. The first-order valence-corrected chi connectivity index (χ1v) is 14.5. The molecule has 2 aromatic carbocycles. The first-order valence-electron chi connectivity index (χ1n) is 14.5. The van der Waals surface area contributed by atoms with Crippen molar-refractivity contribution in [2.75, 3.05) is 11.9 Å². The molecule has 0 spiro atoms. The molecule has 4 rings (SSSR count). The number of nitrogens with one attached hydrogen (secondary N) is 1. The van der Waals surface area contributed by atoms with Gasteiger partial charge in [-0.15, -0.1) is 0 Å². The van der Waals surface area contributed by atoms with E-state index in [4.69, 9.17) is 0 Å². The van der Waals surface area contributed by atoms with Gasteiger partial charge in [-0.1, -0.05) is 74.7 Å². The first kappa shape index (κ1) is 28.5. The Bertz CT molecular complexity index is 1210. The van der Waals surface area contributed by atoms with Gasteiger partial charge in [0.15, 0.2) is 0 Å². The predicted octanol–water partition coefficient (Wildman–Crippen LogP) is 7.15. The zero-order valence-corrected chi connectivity index (χ0v) is 24.0. The van der Waals surface area contributed by atoms with E-state index in [1.807, 2.05) is 45.0 Å². The number of rotatable bonds is 10. The number of nitrogens with zero attached hydrogens (tertiary/aromatic N) is 3. The van der Waals surface area contributed by atoms with Crippen molar-refractivity contribution in [3.8, 4) is 0 Å². The molecule has 3 aromatic rings. The minimum Gasteiger partial charge on any atom is -0.345 e. The summed E-state index contributed by atoms with van der Waals surface area (Å²) >= 11 is 0. The molecule has 39 heavy (non-hydrogen) atoms. The van der Waals surface area contributed by atoms with E-state index >= 15 is 0 Å². The molecular formula is C33H44N4O2. The second kappa shape index (κ2) is 13.5. The molecule has 208 valence electrons. The fourth-order valence-corrected chi connectivity index (χ4v) is 5.59. The molecule has 1 aliphatic rings. The number of hydrogen-bond acceptors (Lipinski definition) is 2. The molecule has 1 unspecified atom stereocenters. The minimum atomic E-state index is -0.217. The number of para-hydroxylation sites is 1. The molecule has 1 heterocycles. The molecule has 0 saturated heterocycles. The molecule has 0 bridgehead atoms. The van der Waals surface area contributed by atoms with Gasteiger partial charge in [0.1, 0.15) is 6.54 Å². The second-order valence-electron chi connectivity index (χ2n) is 11.0. The topological polar surface area (TPSA) is 57.6 Å². The van der Waals surface area contributed by atoms with Crippen molar-refractivity contribution in [2.24, 2.45) is 0 Å². The van der Waals surface area contributed by atoms with Crippen molar-refractivity contribution in [3.05, 3.63) is 89.2 Å². The van der Waals surface area contributed by atoms with Crippen LogP contribution in [0.1, 0.15) is 74.8 Å². The Morgan fingerprint density at radius 2 is 1.64 bits per heavy atom. The van der Waals surface area contributed by atoms with E-state index in [0.717, 1.165) is 61.2 Å². The molecule has 1 aliphatic carbocycles. The summed E-state index contributed by atoms with van der Waals surface area (Å²) in [4.78, 5) is 31.4. The lowest BCUT2D eigenvalue weighted by Gasteiger charge is -2.37. The molecule has 1 fully saturated rings. The Hall–Kier alpha value is -3.54. The summed E-state index contributed by atoms with van der Waals surface area (Å²) in [5, 5.41) is 3.11. The van der Waals surface area contributed by atoms with Gasteiger partial charge in [0.05, 0.1) is 6.54 Å². The van der Waals surface area contributed by atoms with Crippen LogP contribution in [0.4, 0.5) is 10.5 Å². The highest BCUT2D eigenvalue weighted by molar-refractivity contribution is 5.94.